The molecule has 6 heteroatoms. The molecular formula is C22H17FN2O3. The molecule has 5 rings (SSSR count). The molecule has 0 radical (unpaired) electrons. The number of anilines is 2. The van der Waals surface area contributed by atoms with Gasteiger partial charge in [-0.3, -0.25) is 9.59 Å². The number of amides is 2. The molecule has 0 aromatic heterocycles. The number of halogens is 1. The fourth-order valence-corrected chi connectivity index (χ4v) is 3.99. The van der Waals surface area contributed by atoms with Crippen LogP contribution in [-0.2, 0) is 4.74 Å². The summed E-state index contributed by atoms with van der Waals surface area (Å²) in [5.41, 5.74) is 2.31. The van der Waals surface area contributed by atoms with E-state index in [0.29, 0.717) is 35.4 Å². The summed E-state index contributed by atoms with van der Waals surface area (Å²) in [6.45, 7) is 2.84. The second kappa shape index (κ2) is 6.42. The minimum atomic E-state index is -0.418. The van der Waals surface area contributed by atoms with E-state index in [2.05, 4.69) is 4.90 Å². The summed E-state index contributed by atoms with van der Waals surface area (Å²) in [6, 6.07) is 14.6. The summed E-state index contributed by atoms with van der Waals surface area (Å²) < 4.78 is 18.7. The summed E-state index contributed by atoms with van der Waals surface area (Å²) in [4.78, 5) is 29.7. The molecule has 3 aromatic rings. The summed E-state index contributed by atoms with van der Waals surface area (Å²) >= 11 is 0. The van der Waals surface area contributed by atoms with Gasteiger partial charge in [0.05, 0.1) is 18.9 Å². The number of nitrogens with zero attached hydrogens (tertiary/aromatic N) is 2. The third kappa shape index (κ3) is 2.49. The molecule has 2 aliphatic rings. The maximum Gasteiger partial charge on any atom is 0.265 e. The number of rotatable bonds is 2. The number of imide groups is 1. The normalized spacial score (nSPS) is 16.8. The molecule has 2 amide bonds. The number of hydrogen-bond donors (Lipinski definition) is 0. The second-order valence-corrected chi connectivity index (χ2v) is 6.88. The van der Waals surface area contributed by atoms with E-state index in [1.165, 1.54) is 24.3 Å². The fraction of sp³-hybridized carbons (Fsp3) is 0.182. The first-order valence-electron chi connectivity index (χ1n) is 9.18. The van der Waals surface area contributed by atoms with Crippen molar-refractivity contribution >= 4 is 34.0 Å². The lowest BCUT2D eigenvalue weighted by molar-refractivity contribution is 0.0893. The Balaban J connectivity index is 1.68. The van der Waals surface area contributed by atoms with Crippen LogP contribution < -0.4 is 9.80 Å². The van der Waals surface area contributed by atoms with E-state index in [9.17, 15) is 14.0 Å². The van der Waals surface area contributed by atoms with Crippen molar-refractivity contribution in [3.05, 3.63) is 71.5 Å². The van der Waals surface area contributed by atoms with E-state index in [0.717, 1.165) is 29.1 Å². The van der Waals surface area contributed by atoms with Crippen molar-refractivity contribution in [3.63, 3.8) is 0 Å². The smallest absolute Gasteiger partial charge is 0.265 e. The third-order valence-electron chi connectivity index (χ3n) is 5.32. The van der Waals surface area contributed by atoms with Crippen molar-refractivity contribution in [3.8, 4) is 0 Å². The maximum atomic E-state index is 13.3. The van der Waals surface area contributed by atoms with Crippen molar-refractivity contribution in [2.75, 3.05) is 36.1 Å². The highest BCUT2D eigenvalue weighted by Crippen LogP contribution is 2.37. The summed E-state index contributed by atoms with van der Waals surface area (Å²) in [7, 11) is 0. The van der Waals surface area contributed by atoms with Crippen LogP contribution in [0.4, 0.5) is 15.8 Å². The zero-order valence-electron chi connectivity index (χ0n) is 15.0. The van der Waals surface area contributed by atoms with Crippen LogP contribution in [0.1, 0.15) is 20.7 Å². The number of hydrogen-bond acceptors (Lipinski definition) is 4. The maximum absolute atomic E-state index is 13.3. The largest absolute Gasteiger partial charge is 0.378 e. The van der Waals surface area contributed by atoms with Crippen molar-refractivity contribution in [1.29, 1.82) is 0 Å². The van der Waals surface area contributed by atoms with Gasteiger partial charge in [0, 0.05) is 40.7 Å². The molecule has 0 unspecified atom stereocenters. The number of morpholine rings is 1. The minimum Gasteiger partial charge on any atom is -0.378 e. The Labute approximate surface area is 160 Å². The average molecular weight is 376 g/mol. The Morgan fingerprint density at radius 3 is 2.21 bits per heavy atom. The van der Waals surface area contributed by atoms with E-state index in [1.54, 1.807) is 12.1 Å². The van der Waals surface area contributed by atoms with Crippen LogP contribution in [0.25, 0.3) is 10.8 Å². The zero-order chi connectivity index (χ0) is 19.3. The molecule has 1 fully saturated rings. The van der Waals surface area contributed by atoms with E-state index >= 15 is 0 Å². The van der Waals surface area contributed by atoms with Gasteiger partial charge in [0.15, 0.2) is 0 Å². The first-order valence-corrected chi connectivity index (χ1v) is 9.18. The highest BCUT2D eigenvalue weighted by atomic mass is 19.1. The van der Waals surface area contributed by atoms with Gasteiger partial charge in [-0.2, -0.15) is 0 Å². The molecule has 0 aliphatic carbocycles. The van der Waals surface area contributed by atoms with Crippen molar-refractivity contribution < 1.29 is 18.7 Å². The van der Waals surface area contributed by atoms with E-state index in [1.807, 2.05) is 18.2 Å². The number of carbonyl (C=O) groups excluding carboxylic acids is 2. The van der Waals surface area contributed by atoms with Crippen molar-refractivity contribution in [1.82, 2.24) is 0 Å². The lowest BCUT2D eigenvalue weighted by Gasteiger charge is -2.32. The Morgan fingerprint density at radius 2 is 1.50 bits per heavy atom. The van der Waals surface area contributed by atoms with Gasteiger partial charge in [-0.05, 0) is 42.5 Å². The van der Waals surface area contributed by atoms with Crippen molar-refractivity contribution in [2.45, 2.75) is 0 Å². The monoisotopic (exact) mass is 376 g/mol. The average Bonchev–Trinajstić information content (AvgIpc) is 2.73. The lowest BCUT2D eigenvalue weighted by Crippen LogP contribution is -2.41. The Morgan fingerprint density at radius 1 is 0.821 bits per heavy atom. The van der Waals surface area contributed by atoms with E-state index in [-0.39, 0.29) is 0 Å². The molecule has 28 heavy (non-hydrogen) atoms. The second-order valence-electron chi connectivity index (χ2n) is 6.88. The summed E-state index contributed by atoms with van der Waals surface area (Å²) in [5.74, 6) is -1.21. The first-order chi connectivity index (χ1) is 13.6. The van der Waals surface area contributed by atoms with Gasteiger partial charge in [0.2, 0.25) is 0 Å². The van der Waals surface area contributed by atoms with Crippen LogP contribution in [0.5, 0.6) is 0 Å². The number of carbonyl (C=O) groups is 2. The van der Waals surface area contributed by atoms with Crippen LogP contribution >= 0.6 is 0 Å². The van der Waals surface area contributed by atoms with Crippen molar-refractivity contribution in [2.24, 2.45) is 0 Å². The Hall–Kier alpha value is -3.25. The minimum absolute atomic E-state index is 0.358. The molecular weight excluding hydrogens is 359 g/mol. The number of benzene rings is 3. The van der Waals surface area contributed by atoms with Gasteiger partial charge in [-0.1, -0.05) is 12.1 Å². The van der Waals surface area contributed by atoms with E-state index in [4.69, 9.17) is 4.74 Å². The van der Waals surface area contributed by atoms with E-state index < -0.39 is 17.6 Å². The molecule has 0 bridgehead atoms. The molecule has 0 saturated carbocycles. The SMILES string of the molecule is O=C1c2cccc3c(N4CCOCC4)ccc(c23)C(=O)N1c1ccc(F)cc1. The first kappa shape index (κ1) is 16.9. The highest BCUT2D eigenvalue weighted by molar-refractivity contribution is 6.36. The topological polar surface area (TPSA) is 49.9 Å². The molecule has 5 nitrogen and oxygen atoms in total. The lowest BCUT2D eigenvalue weighted by atomic mass is 9.92. The highest BCUT2D eigenvalue weighted by Gasteiger charge is 2.34. The van der Waals surface area contributed by atoms with Crippen LogP contribution in [-0.4, -0.2) is 38.1 Å². The molecule has 2 aliphatic heterocycles. The van der Waals surface area contributed by atoms with Gasteiger partial charge < -0.3 is 9.64 Å². The van der Waals surface area contributed by atoms with Gasteiger partial charge in [-0.25, -0.2) is 9.29 Å². The van der Waals surface area contributed by atoms with Gasteiger partial charge in [0.1, 0.15) is 5.82 Å². The van der Waals surface area contributed by atoms with Crippen LogP contribution in [0.15, 0.2) is 54.6 Å². The van der Waals surface area contributed by atoms with Crippen LogP contribution in [0, 0.1) is 5.82 Å². The molecule has 0 atom stereocenters. The molecule has 1 saturated heterocycles. The third-order valence-corrected chi connectivity index (χ3v) is 5.32. The molecule has 0 N–H and O–H groups in total. The predicted octanol–water partition coefficient (Wildman–Crippen LogP) is 3.62. The van der Waals surface area contributed by atoms with Gasteiger partial charge in [-0.15, -0.1) is 0 Å². The van der Waals surface area contributed by atoms with Gasteiger partial charge in [0.25, 0.3) is 11.8 Å². The molecule has 3 aromatic carbocycles. The Kier molecular flexibility index (Phi) is 3.87. The molecule has 0 spiro atoms. The number of ether oxygens (including phenoxy) is 1. The zero-order valence-corrected chi connectivity index (χ0v) is 15.0. The van der Waals surface area contributed by atoms with Crippen LogP contribution in [0.3, 0.4) is 0 Å². The fourth-order valence-electron chi connectivity index (χ4n) is 3.99. The quantitative estimate of drug-likeness (QED) is 0.641. The molecule has 2 heterocycles. The van der Waals surface area contributed by atoms with Crippen LogP contribution in [0.2, 0.25) is 0 Å². The summed E-state index contributed by atoms with van der Waals surface area (Å²) in [6.07, 6.45) is 0. The standard InChI is InChI=1S/C22H17FN2O3/c23-14-4-6-15(7-5-14)25-21(26)17-3-1-2-16-19(24-10-12-28-13-11-24)9-8-18(20(16)17)22(25)27/h1-9H,10-13H2. The predicted molar refractivity (Wildman–Crippen MR) is 105 cm³/mol. The van der Waals surface area contributed by atoms with Gasteiger partial charge >= 0.3 is 0 Å². The molecule has 140 valence electrons. The summed E-state index contributed by atoms with van der Waals surface area (Å²) in [5, 5.41) is 1.57. The Bertz CT molecular complexity index is 1080.